The van der Waals surface area contributed by atoms with Crippen molar-refractivity contribution < 1.29 is 0 Å². The van der Waals surface area contributed by atoms with Crippen LogP contribution >= 0.6 is 0 Å². The summed E-state index contributed by atoms with van der Waals surface area (Å²) in [6.07, 6.45) is 0. The van der Waals surface area contributed by atoms with E-state index >= 15 is 0 Å². The predicted octanol–water partition coefficient (Wildman–Crippen LogP) is 6.78. The molecule has 0 aliphatic carbocycles. The summed E-state index contributed by atoms with van der Waals surface area (Å²) in [4.78, 5) is 0. The summed E-state index contributed by atoms with van der Waals surface area (Å²) in [5.41, 5.74) is 32.2. The molecule has 0 fully saturated rings. The van der Waals surface area contributed by atoms with E-state index in [1.54, 1.807) is 0 Å². The number of benzene rings is 6. The predicted molar refractivity (Wildman–Crippen MR) is 252 cm³/mol. The van der Waals surface area contributed by atoms with Gasteiger partial charge in [0.1, 0.15) is 16.1 Å². The van der Waals surface area contributed by atoms with E-state index in [-0.39, 0.29) is 0 Å². The molecule has 0 atom stereocenters. The summed E-state index contributed by atoms with van der Waals surface area (Å²) in [7, 11) is -12.8. The highest BCUT2D eigenvalue weighted by molar-refractivity contribution is 7.20. The second kappa shape index (κ2) is 17.0. The van der Waals surface area contributed by atoms with Crippen LogP contribution in [0.15, 0.2) is 182 Å². The molecule has 0 aliphatic heterocycles. The van der Waals surface area contributed by atoms with Gasteiger partial charge >= 0.3 is 0 Å². The lowest BCUT2D eigenvalue weighted by molar-refractivity contribution is 1.72. The molecule has 6 rings (SSSR count). The molecule has 0 amide bonds. The van der Waals surface area contributed by atoms with Crippen molar-refractivity contribution in [2.24, 2.45) is 0 Å². The van der Waals surface area contributed by atoms with Crippen molar-refractivity contribution in [3.8, 4) is 44.3 Å². The molecule has 0 bridgehead atoms. The third-order valence-electron chi connectivity index (χ3n) is 9.37. The Morgan fingerprint density at radius 3 is 0.509 bits per heavy atom. The van der Waals surface area contributed by atoms with Crippen LogP contribution in [0.4, 0.5) is 0 Å². The minimum Gasteiger partial charge on any atom is -0.137 e. The average molecular weight is 789 g/mol. The molecule has 55 heavy (non-hydrogen) atoms. The van der Waals surface area contributed by atoms with Crippen molar-refractivity contribution in [2.75, 3.05) is 0 Å². The van der Waals surface area contributed by atoms with Gasteiger partial charge in [-0.05, 0) is 31.1 Å². The zero-order chi connectivity index (χ0) is 38.8. The van der Waals surface area contributed by atoms with Gasteiger partial charge in [-0.25, -0.2) is 0 Å². The summed E-state index contributed by atoms with van der Waals surface area (Å²) < 4.78 is 0. The highest BCUT2D eigenvalue weighted by Crippen LogP contribution is 2.13. The molecule has 0 nitrogen and oxygen atoms in total. The third kappa shape index (κ3) is 9.31. The average Bonchev–Trinajstić information content (AvgIpc) is 3.21. The van der Waals surface area contributed by atoms with E-state index in [0.29, 0.717) is 0 Å². The van der Waals surface area contributed by atoms with Gasteiger partial charge in [0.2, 0.25) is 0 Å². The molecule has 0 unspecified atom stereocenters. The monoisotopic (exact) mass is 788 g/mol. The maximum Gasteiger partial charge on any atom is 0.274 e. The Kier molecular flexibility index (Phi) is 12.1. The van der Waals surface area contributed by atoms with Gasteiger partial charge in [0.25, 0.3) is 24.2 Å². The SMILES string of the molecule is C[Si](C)(C)C#C[Si](C#C[Si](C#C[Si](C#C[Si](C)(C)C)(c1ccccc1)c1ccccc1)(c1ccccc1)c1ccccc1)(c1ccccc1)c1ccccc1. The van der Waals surface area contributed by atoms with Crippen molar-refractivity contribution in [3.05, 3.63) is 182 Å². The molecular weight excluding hydrogens is 741 g/mol. The quantitative estimate of drug-likeness (QED) is 0.129. The summed E-state index contributed by atoms with van der Waals surface area (Å²) >= 11 is 0. The van der Waals surface area contributed by atoms with Crippen LogP contribution in [0.5, 0.6) is 0 Å². The first-order chi connectivity index (χ1) is 26.5. The van der Waals surface area contributed by atoms with Crippen LogP contribution in [-0.2, 0) is 0 Å². The molecule has 0 spiro atoms. The summed E-state index contributed by atoms with van der Waals surface area (Å²) in [5, 5.41) is 7.16. The van der Waals surface area contributed by atoms with E-state index in [9.17, 15) is 0 Å². The van der Waals surface area contributed by atoms with Crippen molar-refractivity contribution in [1.82, 2.24) is 0 Å². The van der Waals surface area contributed by atoms with E-state index in [1.165, 1.54) is 31.1 Å². The lowest BCUT2D eigenvalue weighted by atomic mass is 10.4. The number of rotatable bonds is 6. The first-order valence-corrected chi connectivity index (χ1v) is 32.0. The maximum absolute atomic E-state index is 4.16. The van der Waals surface area contributed by atoms with Crippen molar-refractivity contribution in [2.45, 2.75) is 39.3 Å². The van der Waals surface area contributed by atoms with E-state index in [1.807, 2.05) is 0 Å². The Labute approximate surface area is 335 Å². The molecule has 0 saturated carbocycles. The Morgan fingerprint density at radius 2 is 0.364 bits per heavy atom. The zero-order valence-corrected chi connectivity index (χ0v) is 37.8. The van der Waals surface area contributed by atoms with Crippen LogP contribution in [0.1, 0.15) is 0 Å². The first kappa shape index (κ1) is 39.3. The minimum atomic E-state index is -3.21. The van der Waals surface area contributed by atoms with Crippen molar-refractivity contribution in [1.29, 1.82) is 0 Å². The lowest BCUT2D eigenvalue weighted by Gasteiger charge is -2.27. The van der Waals surface area contributed by atoms with Gasteiger partial charge in [0.15, 0.2) is 0 Å². The highest BCUT2D eigenvalue weighted by Gasteiger charge is 2.41. The van der Waals surface area contributed by atoms with Crippen LogP contribution in [0, 0.1) is 44.3 Å². The molecule has 6 aromatic carbocycles. The fraction of sp³-hybridized carbons (Fsp3) is 0.120. The topological polar surface area (TPSA) is 0 Å². The second-order valence-corrected chi connectivity index (χ2v) is 34.9. The molecule has 6 aromatic rings. The summed E-state index contributed by atoms with van der Waals surface area (Å²) in [6.45, 7) is 13.9. The van der Waals surface area contributed by atoms with E-state index in [4.69, 9.17) is 0 Å². The van der Waals surface area contributed by atoms with Crippen molar-refractivity contribution in [3.63, 3.8) is 0 Å². The molecule has 0 aromatic heterocycles. The van der Waals surface area contributed by atoms with Crippen LogP contribution in [0.2, 0.25) is 39.3 Å². The van der Waals surface area contributed by atoms with E-state index < -0.39 is 40.4 Å². The van der Waals surface area contributed by atoms with E-state index in [2.05, 4.69) is 266 Å². The van der Waals surface area contributed by atoms with Crippen molar-refractivity contribution >= 4 is 71.5 Å². The number of hydrogen-bond acceptors (Lipinski definition) is 0. The minimum absolute atomic E-state index is 1.17. The summed E-state index contributed by atoms with van der Waals surface area (Å²) in [5.74, 6) is 0. The molecule has 0 heterocycles. The van der Waals surface area contributed by atoms with E-state index in [0.717, 1.165) is 0 Å². The van der Waals surface area contributed by atoms with Gasteiger partial charge < -0.3 is 0 Å². The van der Waals surface area contributed by atoms with Crippen LogP contribution in [0.25, 0.3) is 0 Å². The Bertz CT molecular complexity index is 2180. The Balaban J connectivity index is 1.80. The van der Waals surface area contributed by atoms with Crippen LogP contribution in [-0.4, -0.2) is 40.4 Å². The van der Waals surface area contributed by atoms with Gasteiger partial charge in [-0.3, -0.25) is 0 Å². The summed E-state index contributed by atoms with van der Waals surface area (Å²) in [6, 6.07) is 65.0. The maximum atomic E-state index is 4.16. The molecule has 0 N–H and O–H groups in total. The lowest BCUT2D eigenvalue weighted by Crippen LogP contribution is -2.62. The smallest absolute Gasteiger partial charge is 0.137 e. The van der Waals surface area contributed by atoms with Gasteiger partial charge in [-0.1, -0.05) is 221 Å². The van der Waals surface area contributed by atoms with Crippen LogP contribution < -0.4 is 31.1 Å². The molecule has 268 valence electrons. The van der Waals surface area contributed by atoms with Gasteiger partial charge in [-0.2, -0.15) is 0 Å². The van der Waals surface area contributed by atoms with Gasteiger partial charge in [0.05, 0.1) is 0 Å². The molecular formula is C50H48Si5. The highest BCUT2D eigenvalue weighted by atomic mass is 28.3. The molecule has 5 heteroatoms. The fourth-order valence-electron chi connectivity index (χ4n) is 6.53. The number of hydrogen-bond donors (Lipinski definition) is 0. The fourth-order valence-corrected chi connectivity index (χ4v) is 21.1. The third-order valence-corrected chi connectivity index (χ3v) is 22.3. The molecule has 0 aliphatic rings. The van der Waals surface area contributed by atoms with Crippen LogP contribution in [0.3, 0.4) is 0 Å². The second-order valence-electron chi connectivity index (χ2n) is 15.9. The van der Waals surface area contributed by atoms with Gasteiger partial charge in [0, 0.05) is 0 Å². The Morgan fingerprint density at radius 1 is 0.218 bits per heavy atom. The standard InChI is InChI=1S/C50H48Si5/c1-51(2,3)37-39-53(45-25-13-7-14-26-45,46-27-15-8-16-28-46)41-43-55(49-33-21-11-22-34-49,50-35-23-12-24-36-50)44-42-54(40-38-52(4,5)6,47-29-17-9-18-30-47)48-31-19-10-20-32-48/h7-36H,1-6H3. The normalized spacial score (nSPS) is 11.6. The Hall–Kier alpha value is -5.36. The molecule has 0 saturated heterocycles. The molecule has 0 radical (unpaired) electrons. The largest absolute Gasteiger partial charge is 0.274 e. The van der Waals surface area contributed by atoms with Gasteiger partial charge in [-0.15, -0.1) is 44.3 Å². The zero-order valence-electron chi connectivity index (χ0n) is 32.8. The first-order valence-electron chi connectivity index (χ1n) is 19.0.